The van der Waals surface area contributed by atoms with E-state index in [2.05, 4.69) is 41.6 Å². The summed E-state index contributed by atoms with van der Waals surface area (Å²) in [6, 6.07) is 8.04. The Labute approximate surface area is 123 Å². The van der Waals surface area contributed by atoms with Gasteiger partial charge in [0.05, 0.1) is 6.54 Å². The number of nitrogens with one attached hydrogen (secondary N) is 2. The van der Waals surface area contributed by atoms with Crippen LogP contribution >= 0.6 is 11.6 Å². The molecule has 0 fully saturated rings. The minimum Gasteiger partial charge on any atom is -0.407 e. The van der Waals surface area contributed by atoms with Gasteiger partial charge in [0.1, 0.15) is 0 Å². The molecule has 6 heteroatoms. The predicted molar refractivity (Wildman–Crippen MR) is 79.7 cm³/mol. The second-order valence-electron chi connectivity index (χ2n) is 5.59. The van der Waals surface area contributed by atoms with E-state index in [1.807, 2.05) is 24.3 Å². The van der Waals surface area contributed by atoms with Crippen LogP contribution in [-0.2, 0) is 13.1 Å². The Kier molecular flexibility index (Phi) is 4.62. The van der Waals surface area contributed by atoms with Gasteiger partial charge in [-0.3, -0.25) is 0 Å². The number of hydrogen-bond donors (Lipinski definition) is 2. The number of nitrogens with zero attached hydrogens (tertiary/aromatic N) is 2. The zero-order valence-electron chi connectivity index (χ0n) is 11.9. The molecule has 0 aliphatic heterocycles. The third kappa shape index (κ3) is 4.83. The summed E-state index contributed by atoms with van der Waals surface area (Å²) >= 11 is 5.93. The molecule has 0 saturated carbocycles. The Bertz CT molecular complexity index is 562. The van der Waals surface area contributed by atoms with Gasteiger partial charge in [0.2, 0.25) is 5.89 Å². The van der Waals surface area contributed by atoms with E-state index >= 15 is 0 Å². The molecule has 2 aromatic rings. The number of halogens is 1. The van der Waals surface area contributed by atoms with Crippen LogP contribution in [0.1, 0.15) is 32.2 Å². The molecule has 20 heavy (non-hydrogen) atoms. The summed E-state index contributed by atoms with van der Waals surface area (Å²) in [6.45, 7) is 7.40. The fourth-order valence-electron chi connectivity index (χ4n) is 1.56. The first-order chi connectivity index (χ1) is 9.42. The topological polar surface area (TPSA) is 63.0 Å². The van der Waals surface area contributed by atoms with Crippen LogP contribution in [0.25, 0.3) is 0 Å². The summed E-state index contributed by atoms with van der Waals surface area (Å²) < 4.78 is 5.50. The maximum Gasteiger partial charge on any atom is 0.315 e. The van der Waals surface area contributed by atoms with Crippen molar-refractivity contribution in [3.63, 3.8) is 0 Å². The summed E-state index contributed by atoms with van der Waals surface area (Å²) in [6.07, 6.45) is 0. The first-order valence-corrected chi connectivity index (χ1v) is 6.86. The van der Waals surface area contributed by atoms with Crippen LogP contribution in [0.4, 0.5) is 6.01 Å². The average Bonchev–Trinajstić information content (AvgIpc) is 2.81. The van der Waals surface area contributed by atoms with Crippen molar-refractivity contribution in [2.75, 3.05) is 5.32 Å². The van der Waals surface area contributed by atoms with Gasteiger partial charge in [-0.25, -0.2) is 0 Å². The van der Waals surface area contributed by atoms with Crippen molar-refractivity contribution in [2.45, 2.75) is 39.4 Å². The average molecular weight is 295 g/mol. The Balaban J connectivity index is 1.87. The Morgan fingerprint density at radius 2 is 2.00 bits per heavy atom. The standard InChI is InChI=1S/C14H19ClN4O/c1-14(2,3)17-9-12-18-19-13(20-12)16-8-10-5-4-6-11(15)7-10/h4-7,17H,8-9H2,1-3H3,(H,16,19). The molecule has 0 radical (unpaired) electrons. The van der Waals surface area contributed by atoms with E-state index in [1.165, 1.54) is 0 Å². The van der Waals surface area contributed by atoms with Crippen molar-refractivity contribution in [1.29, 1.82) is 0 Å². The third-order valence-corrected chi connectivity index (χ3v) is 2.80. The van der Waals surface area contributed by atoms with Gasteiger partial charge in [-0.15, -0.1) is 5.10 Å². The zero-order valence-corrected chi connectivity index (χ0v) is 12.7. The molecule has 0 spiro atoms. The smallest absolute Gasteiger partial charge is 0.315 e. The van der Waals surface area contributed by atoms with Crippen molar-refractivity contribution in [3.8, 4) is 0 Å². The summed E-state index contributed by atoms with van der Waals surface area (Å²) in [5, 5.41) is 15.0. The monoisotopic (exact) mass is 294 g/mol. The van der Waals surface area contributed by atoms with Crippen LogP contribution < -0.4 is 10.6 Å². The molecule has 2 rings (SSSR count). The highest BCUT2D eigenvalue weighted by molar-refractivity contribution is 6.30. The SMILES string of the molecule is CC(C)(C)NCc1nnc(NCc2cccc(Cl)c2)o1. The fourth-order valence-corrected chi connectivity index (χ4v) is 1.77. The normalized spacial score (nSPS) is 11.6. The van der Waals surface area contributed by atoms with Crippen molar-refractivity contribution in [3.05, 3.63) is 40.7 Å². The van der Waals surface area contributed by atoms with E-state index in [0.717, 1.165) is 5.56 Å². The lowest BCUT2D eigenvalue weighted by Crippen LogP contribution is -2.35. The molecule has 1 aromatic heterocycles. The molecule has 0 aliphatic carbocycles. The molecule has 0 bridgehead atoms. The highest BCUT2D eigenvalue weighted by Gasteiger charge is 2.12. The lowest BCUT2D eigenvalue weighted by molar-refractivity contribution is 0.383. The second-order valence-corrected chi connectivity index (χ2v) is 6.02. The van der Waals surface area contributed by atoms with Gasteiger partial charge in [-0.1, -0.05) is 28.8 Å². The minimum absolute atomic E-state index is 0.0167. The van der Waals surface area contributed by atoms with E-state index in [9.17, 15) is 0 Å². The van der Waals surface area contributed by atoms with Gasteiger partial charge < -0.3 is 15.1 Å². The largest absolute Gasteiger partial charge is 0.407 e. The number of benzene rings is 1. The quantitative estimate of drug-likeness (QED) is 0.886. The molecule has 0 aliphatic rings. The van der Waals surface area contributed by atoms with Gasteiger partial charge in [0.15, 0.2) is 0 Å². The van der Waals surface area contributed by atoms with E-state index in [4.69, 9.17) is 16.0 Å². The van der Waals surface area contributed by atoms with Gasteiger partial charge in [-0.2, -0.15) is 0 Å². The second kappa shape index (κ2) is 6.24. The molecule has 108 valence electrons. The van der Waals surface area contributed by atoms with Crippen LogP contribution in [0.3, 0.4) is 0 Å². The van der Waals surface area contributed by atoms with Crippen LogP contribution in [0, 0.1) is 0 Å². The highest BCUT2D eigenvalue weighted by atomic mass is 35.5. The molecule has 2 N–H and O–H groups in total. The number of aromatic nitrogens is 2. The van der Waals surface area contributed by atoms with Crippen LogP contribution in [-0.4, -0.2) is 15.7 Å². The summed E-state index contributed by atoms with van der Waals surface area (Å²) in [7, 11) is 0. The maximum absolute atomic E-state index is 5.93. The summed E-state index contributed by atoms with van der Waals surface area (Å²) in [5.74, 6) is 0.563. The summed E-state index contributed by atoms with van der Waals surface area (Å²) in [5.41, 5.74) is 1.08. The third-order valence-electron chi connectivity index (χ3n) is 2.57. The van der Waals surface area contributed by atoms with Gasteiger partial charge in [0, 0.05) is 17.1 Å². The first-order valence-electron chi connectivity index (χ1n) is 6.48. The van der Waals surface area contributed by atoms with Crippen molar-refractivity contribution in [1.82, 2.24) is 15.5 Å². The molecular weight excluding hydrogens is 276 g/mol. The molecule has 0 amide bonds. The molecule has 0 saturated heterocycles. The Morgan fingerprint density at radius 3 is 2.70 bits per heavy atom. The van der Waals surface area contributed by atoms with Crippen LogP contribution in [0.2, 0.25) is 5.02 Å². The minimum atomic E-state index is 0.0167. The lowest BCUT2D eigenvalue weighted by atomic mass is 10.1. The maximum atomic E-state index is 5.93. The lowest BCUT2D eigenvalue weighted by Gasteiger charge is -2.18. The van der Waals surface area contributed by atoms with E-state index < -0.39 is 0 Å². The van der Waals surface area contributed by atoms with Gasteiger partial charge in [-0.05, 0) is 38.5 Å². The fraction of sp³-hybridized carbons (Fsp3) is 0.429. The van der Waals surface area contributed by atoms with Gasteiger partial charge in [0.25, 0.3) is 0 Å². The molecule has 1 heterocycles. The van der Waals surface area contributed by atoms with Crippen LogP contribution in [0.5, 0.6) is 0 Å². The van der Waals surface area contributed by atoms with Crippen molar-refractivity contribution < 1.29 is 4.42 Å². The number of hydrogen-bond acceptors (Lipinski definition) is 5. The molecule has 0 unspecified atom stereocenters. The van der Waals surface area contributed by atoms with E-state index in [1.54, 1.807) is 0 Å². The van der Waals surface area contributed by atoms with Crippen molar-refractivity contribution in [2.24, 2.45) is 0 Å². The number of rotatable bonds is 5. The first kappa shape index (κ1) is 14.8. The molecular formula is C14H19ClN4O. The zero-order chi connectivity index (χ0) is 14.6. The van der Waals surface area contributed by atoms with Gasteiger partial charge >= 0.3 is 6.01 Å². The number of anilines is 1. The van der Waals surface area contributed by atoms with E-state index in [0.29, 0.717) is 30.0 Å². The van der Waals surface area contributed by atoms with E-state index in [-0.39, 0.29) is 5.54 Å². The van der Waals surface area contributed by atoms with Crippen LogP contribution in [0.15, 0.2) is 28.7 Å². The Hall–Kier alpha value is -1.59. The summed E-state index contributed by atoms with van der Waals surface area (Å²) in [4.78, 5) is 0. The molecule has 1 aromatic carbocycles. The highest BCUT2D eigenvalue weighted by Crippen LogP contribution is 2.13. The van der Waals surface area contributed by atoms with Crippen molar-refractivity contribution >= 4 is 17.6 Å². The predicted octanol–water partition coefficient (Wildman–Crippen LogP) is 3.22. The molecule has 0 atom stereocenters. The Morgan fingerprint density at radius 1 is 1.20 bits per heavy atom. The molecule has 5 nitrogen and oxygen atoms in total.